The summed E-state index contributed by atoms with van der Waals surface area (Å²) in [7, 11) is -3.49. The standard InChI is InChI=1S/C6H11NO6S/c1-14(12,13)7-3-4(6(10)11)2-5(8)9/h4,7H,2-3H2,1H3,(H,8,9)(H,10,11). The van der Waals surface area contributed by atoms with Crippen molar-refractivity contribution in [3.8, 4) is 0 Å². The monoisotopic (exact) mass is 225 g/mol. The summed E-state index contributed by atoms with van der Waals surface area (Å²) in [6.45, 7) is -0.416. The Bertz CT molecular complexity index is 321. The van der Waals surface area contributed by atoms with E-state index < -0.39 is 40.8 Å². The Morgan fingerprint density at radius 2 is 1.86 bits per heavy atom. The molecular formula is C6H11NO6S. The molecule has 0 aromatic carbocycles. The van der Waals surface area contributed by atoms with Gasteiger partial charge >= 0.3 is 11.9 Å². The Hall–Kier alpha value is -1.15. The van der Waals surface area contributed by atoms with Gasteiger partial charge in [-0.25, -0.2) is 13.1 Å². The van der Waals surface area contributed by atoms with Gasteiger partial charge in [-0.05, 0) is 0 Å². The van der Waals surface area contributed by atoms with Crippen molar-refractivity contribution in [3.05, 3.63) is 0 Å². The zero-order valence-electron chi connectivity index (χ0n) is 7.43. The fraction of sp³-hybridized carbons (Fsp3) is 0.667. The van der Waals surface area contributed by atoms with E-state index in [-0.39, 0.29) is 0 Å². The Labute approximate surface area is 80.8 Å². The van der Waals surface area contributed by atoms with Gasteiger partial charge in [-0.15, -0.1) is 0 Å². The van der Waals surface area contributed by atoms with Gasteiger partial charge in [0.05, 0.1) is 18.6 Å². The molecule has 3 N–H and O–H groups in total. The lowest BCUT2D eigenvalue weighted by molar-refractivity contribution is -0.147. The van der Waals surface area contributed by atoms with E-state index in [1.807, 2.05) is 4.72 Å². The number of hydrogen-bond acceptors (Lipinski definition) is 4. The molecule has 0 saturated carbocycles. The van der Waals surface area contributed by atoms with Gasteiger partial charge < -0.3 is 10.2 Å². The van der Waals surface area contributed by atoms with Gasteiger partial charge in [0.15, 0.2) is 0 Å². The predicted octanol–water partition coefficient (Wildman–Crippen LogP) is -1.29. The van der Waals surface area contributed by atoms with Crippen molar-refractivity contribution in [2.75, 3.05) is 12.8 Å². The van der Waals surface area contributed by atoms with Crippen LogP contribution in [0.2, 0.25) is 0 Å². The molecule has 0 aliphatic rings. The van der Waals surface area contributed by atoms with Crippen molar-refractivity contribution in [2.45, 2.75) is 6.42 Å². The molecule has 82 valence electrons. The average molecular weight is 225 g/mol. The number of aliphatic carboxylic acids is 2. The number of carboxylic acids is 2. The first-order chi connectivity index (χ1) is 6.22. The molecular weight excluding hydrogens is 214 g/mol. The van der Waals surface area contributed by atoms with Crippen molar-refractivity contribution in [1.82, 2.24) is 4.72 Å². The fourth-order valence-corrected chi connectivity index (χ4v) is 1.21. The van der Waals surface area contributed by atoms with Crippen LogP contribution in [0.4, 0.5) is 0 Å². The van der Waals surface area contributed by atoms with Gasteiger partial charge in [-0.1, -0.05) is 0 Å². The molecule has 0 heterocycles. The highest BCUT2D eigenvalue weighted by Gasteiger charge is 2.21. The summed E-state index contributed by atoms with van der Waals surface area (Å²) in [5.41, 5.74) is 0. The minimum absolute atomic E-state index is 0.416. The summed E-state index contributed by atoms with van der Waals surface area (Å²) in [4.78, 5) is 20.7. The van der Waals surface area contributed by atoms with Crippen molar-refractivity contribution < 1.29 is 28.2 Å². The van der Waals surface area contributed by atoms with Crippen LogP contribution in [0.15, 0.2) is 0 Å². The summed E-state index contributed by atoms with van der Waals surface area (Å²) in [5, 5.41) is 16.8. The van der Waals surface area contributed by atoms with E-state index in [0.29, 0.717) is 0 Å². The van der Waals surface area contributed by atoms with E-state index in [9.17, 15) is 18.0 Å². The number of nitrogens with one attached hydrogen (secondary N) is 1. The zero-order chi connectivity index (χ0) is 11.4. The van der Waals surface area contributed by atoms with Crippen LogP contribution in [0.5, 0.6) is 0 Å². The van der Waals surface area contributed by atoms with Crippen LogP contribution < -0.4 is 4.72 Å². The fourth-order valence-electron chi connectivity index (χ4n) is 0.710. The molecule has 0 amide bonds. The van der Waals surface area contributed by atoms with Crippen LogP contribution in [0, 0.1) is 5.92 Å². The van der Waals surface area contributed by atoms with E-state index in [1.165, 1.54) is 0 Å². The second kappa shape index (κ2) is 4.91. The normalized spacial score (nSPS) is 13.5. The molecule has 14 heavy (non-hydrogen) atoms. The second-order valence-electron chi connectivity index (χ2n) is 2.75. The Kier molecular flexibility index (Phi) is 4.51. The number of carbonyl (C=O) groups is 2. The molecule has 0 saturated heterocycles. The maximum absolute atomic E-state index is 10.6. The molecule has 0 aliphatic carbocycles. The molecule has 0 fully saturated rings. The zero-order valence-corrected chi connectivity index (χ0v) is 8.24. The number of carboxylic acid groups (broad SMARTS) is 2. The van der Waals surface area contributed by atoms with E-state index >= 15 is 0 Å². The predicted molar refractivity (Wildman–Crippen MR) is 46.2 cm³/mol. The quantitative estimate of drug-likeness (QED) is 0.517. The second-order valence-corrected chi connectivity index (χ2v) is 4.59. The first-order valence-corrected chi connectivity index (χ1v) is 5.50. The molecule has 8 heteroatoms. The summed E-state index contributed by atoms with van der Waals surface area (Å²) in [6, 6.07) is 0. The van der Waals surface area contributed by atoms with Crippen molar-refractivity contribution in [1.29, 1.82) is 0 Å². The lowest BCUT2D eigenvalue weighted by Crippen LogP contribution is -2.33. The highest BCUT2D eigenvalue weighted by atomic mass is 32.2. The molecule has 0 spiro atoms. The summed E-state index contributed by atoms with van der Waals surface area (Å²) in [6.07, 6.45) is 0.254. The number of hydrogen-bond donors (Lipinski definition) is 3. The van der Waals surface area contributed by atoms with Gasteiger partial charge in [0, 0.05) is 6.54 Å². The van der Waals surface area contributed by atoms with Crippen LogP contribution in [0.1, 0.15) is 6.42 Å². The third-order valence-corrected chi connectivity index (χ3v) is 2.05. The van der Waals surface area contributed by atoms with E-state index in [0.717, 1.165) is 6.26 Å². The Balaban J connectivity index is 4.25. The first kappa shape index (κ1) is 12.8. The summed E-state index contributed by atoms with van der Waals surface area (Å²) < 4.78 is 23.1. The third kappa shape index (κ3) is 6.38. The molecule has 1 atom stereocenters. The highest BCUT2D eigenvalue weighted by Crippen LogP contribution is 2.02. The molecule has 0 aromatic heterocycles. The summed E-state index contributed by atoms with van der Waals surface area (Å²) in [5.74, 6) is -3.88. The average Bonchev–Trinajstić information content (AvgIpc) is 1.94. The van der Waals surface area contributed by atoms with Gasteiger partial charge in [0.25, 0.3) is 0 Å². The number of sulfonamides is 1. The van der Waals surface area contributed by atoms with Crippen LogP contribution in [0.25, 0.3) is 0 Å². The van der Waals surface area contributed by atoms with Gasteiger partial charge in [-0.3, -0.25) is 9.59 Å². The van der Waals surface area contributed by atoms with Crippen LogP contribution >= 0.6 is 0 Å². The molecule has 7 nitrogen and oxygen atoms in total. The van der Waals surface area contributed by atoms with E-state index in [2.05, 4.69) is 0 Å². The van der Waals surface area contributed by atoms with Crippen LogP contribution in [-0.4, -0.2) is 43.4 Å². The lowest BCUT2D eigenvalue weighted by atomic mass is 10.1. The largest absolute Gasteiger partial charge is 0.481 e. The summed E-state index contributed by atoms with van der Waals surface area (Å²) >= 11 is 0. The maximum Gasteiger partial charge on any atom is 0.308 e. The smallest absolute Gasteiger partial charge is 0.308 e. The van der Waals surface area contributed by atoms with E-state index in [4.69, 9.17) is 10.2 Å². The Morgan fingerprint density at radius 3 is 2.14 bits per heavy atom. The van der Waals surface area contributed by atoms with E-state index in [1.54, 1.807) is 0 Å². The first-order valence-electron chi connectivity index (χ1n) is 3.61. The minimum atomic E-state index is -3.49. The molecule has 0 radical (unpaired) electrons. The van der Waals surface area contributed by atoms with Crippen LogP contribution in [-0.2, 0) is 19.6 Å². The number of rotatable bonds is 6. The third-order valence-electron chi connectivity index (χ3n) is 1.36. The maximum atomic E-state index is 10.6. The van der Waals surface area contributed by atoms with Gasteiger partial charge in [-0.2, -0.15) is 0 Å². The lowest BCUT2D eigenvalue weighted by Gasteiger charge is -2.09. The minimum Gasteiger partial charge on any atom is -0.481 e. The topological polar surface area (TPSA) is 121 Å². The van der Waals surface area contributed by atoms with Crippen molar-refractivity contribution >= 4 is 22.0 Å². The van der Waals surface area contributed by atoms with Crippen molar-refractivity contribution in [3.63, 3.8) is 0 Å². The van der Waals surface area contributed by atoms with Gasteiger partial charge in [0.1, 0.15) is 0 Å². The molecule has 0 aromatic rings. The van der Waals surface area contributed by atoms with Crippen molar-refractivity contribution in [2.24, 2.45) is 5.92 Å². The molecule has 0 aliphatic heterocycles. The van der Waals surface area contributed by atoms with Gasteiger partial charge in [0.2, 0.25) is 10.0 Å². The Morgan fingerprint density at radius 1 is 1.36 bits per heavy atom. The molecule has 0 bridgehead atoms. The SMILES string of the molecule is CS(=O)(=O)NCC(CC(=O)O)C(=O)O. The molecule has 1 unspecified atom stereocenters. The molecule has 0 rings (SSSR count). The van der Waals surface area contributed by atoms with Crippen LogP contribution in [0.3, 0.4) is 0 Å². The highest BCUT2D eigenvalue weighted by molar-refractivity contribution is 7.88.